The number of carbonyl (C=O) groups is 1. The Labute approximate surface area is 149 Å². The third kappa shape index (κ3) is 3.08. The van der Waals surface area contributed by atoms with Crippen LogP contribution in [-0.2, 0) is 9.53 Å². The van der Waals surface area contributed by atoms with Crippen molar-refractivity contribution in [1.29, 1.82) is 0 Å². The first-order valence-corrected chi connectivity index (χ1v) is 9.03. The maximum atomic E-state index is 13.2. The number of ether oxygens (including phenoxy) is 1. The number of amides is 1. The molecule has 1 saturated heterocycles. The van der Waals surface area contributed by atoms with E-state index < -0.39 is 0 Å². The number of para-hydroxylation sites is 1. The van der Waals surface area contributed by atoms with Crippen molar-refractivity contribution in [3.05, 3.63) is 65.7 Å². The molecule has 0 aromatic heterocycles. The van der Waals surface area contributed by atoms with Crippen molar-refractivity contribution in [1.82, 2.24) is 4.90 Å². The molecule has 0 saturated carbocycles. The minimum atomic E-state index is -0.119. The number of morpholine rings is 1. The molecule has 1 fully saturated rings. The number of hydrogen-bond acceptors (Lipinski definition) is 3. The second-order valence-electron chi connectivity index (χ2n) is 6.80. The molecule has 1 amide bonds. The van der Waals surface area contributed by atoms with Gasteiger partial charge in [-0.2, -0.15) is 0 Å². The fourth-order valence-corrected chi connectivity index (χ4v) is 3.93. The predicted molar refractivity (Wildman–Crippen MR) is 98.9 cm³/mol. The number of benzene rings is 2. The number of fused-ring (bicyclic) bond motifs is 1. The lowest BCUT2D eigenvalue weighted by atomic mass is 9.93. The Hall–Kier alpha value is -2.17. The molecule has 0 N–H and O–H groups in total. The number of carbonyl (C=O) groups excluding carboxylic acids is 1. The minimum absolute atomic E-state index is 0.119. The summed E-state index contributed by atoms with van der Waals surface area (Å²) in [5.74, 6) is 0.436. The molecule has 0 aliphatic carbocycles. The van der Waals surface area contributed by atoms with Crippen molar-refractivity contribution in [3.8, 4) is 0 Å². The minimum Gasteiger partial charge on any atom is -0.379 e. The smallest absolute Gasteiger partial charge is 0.244 e. The molecule has 2 unspecified atom stereocenters. The van der Waals surface area contributed by atoms with Crippen LogP contribution in [0.4, 0.5) is 5.69 Å². The lowest BCUT2D eigenvalue weighted by Gasteiger charge is -2.33. The lowest BCUT2D eigenvalue weighted by molar-refractivity contribution is -0.124. The Morgan fingerprint density at radius 1 is 1.04 bits per heavy atom. The highest BCUT2D eigenvalue weighted by Gasteiger charge is 2.36. The van der Waals surface area contributed by atoms with Crippen molar-refractivity contribution in [2.75, 3.05) is 37.7 Å². The van der Waals surface area contributed by atoms with Gasteiger partial charge in [0.05, 0.1) is 19.3 Å². The fourth-order valence-electron chi connectivity index (χ4n) is 3.93. The van der Waals surface area contributed by atoms with Gasteiger partial charge in [-0.15, -0.1) is 0 Å². The van der Waals surface area contributed by atoms with E-state index in [1.54, 1.807) is 0 Å². The van der Waals surface area contributed by atoms with Gasteiger partial charge in [-0.25, -0.2) is 0 Å². The van der Waals surface area contributed by atoms with Gasteiger partial charge in [0.15, 0.2) is 0 Å². The SMILES string of the molecule is CC(C(=O)N1CC(c2ccccc2)c2ccccc21)N1CCOCC1. The van der Waals surface area contributed by atoms with Gasteiger partial charge in [0.25, 0.3) is 0 Å². The molecule has 2 aliphatic rings. The van der Waals surface area contributed by atoms with Crippen LogP contribution in [-0.4, -0.2) is 49.7 Å². The zero-order chi connectivity index (χ0) is 17.2. The van der Waals surface area contributed by atoms with E-state index in [4.69, 9.17) is 4.74 Å². The van der Waals surface area contributed by atoms with Gasteiger partial charge >= 0.3 is 0 Å². The summed E-state index contributed by atoms with van der Waals surface area (Å²) < 4.78 is 5.42. The molecule has 4 heteroatoms. The maximum Gasteiger partial charge on any atom is 0.244 e. The van der Waals surface area contributed by atoms with Gasteiger partial charge in [0.1, 0.15) is 0 Å². The molecule has 0 bridgehead atoms. The van der Waals surface area contributed by atoms with E-state index in [0.717, 1.165) is 25.3 Å². The zero-order valence-corrected chi connectivity index (χ0v) is 14.6. The lowest BCUT2D eigenvalue weighted by Crippen LogP contribution is -2.50. The van der Waals surface area contributed by atoms with Gasteiger partial charge in [0, 0.05) is 31.2 Å². The van der Waals surface area contributed by atoms with Crippen LogP contribution >= 0.6 is 0 Å². The van der Waals surface area contributed by atoms with Crippen molar-refractivity contribution < 1.29 is 9.53 Å². The van der Waals surface area contributed by atoms with Gasteiger partial charge in [-0.05, 0) is 24.1 Å². The molecule has 2 heterocycles. The second kappa shape index (κ2) is 6.98. The number of nitrogens with zero attached hydrogens (tertiary/aromatic N) is 2. The Kier molecular flexibility index (Phi) is 4.55. The van der Waals surface area contributed by atoms with Crippen LogP contribution in [0, 0.1) is 0 Å². The summed E-state index contributed by atoms with van der Waals surface area (Å²) in [6, 6.07) is 18.7. The first kappa shape index (κ1) is 16.3. The summed E-state index contributed by atoms with van der Waals surface area (Å²) in [4.78, 5) is 17.4. The first-order chi connectivity index (χ1) is 12.3. The maximum absolute atomic E-state index is 13.2. The highest BCUT2D eigenvalue weighted by Crippen LogP contribution is 2.40. The Morgan fingerprint density at radius 3 is 2.48 bits per heavy atom. The molecular formula is C21H24N2O2. The quantitative estimate of drug-likeness (QED) is 0.864. The third-order valence-corrected chi connectivity index (χ3v) is 5.39. The predicted octanol–water partition coefficient (Wildman–Crippen LogP) is 2.89. The molecule has 0 radical (unpaired) electrons. The third-order valence-electron chi connectivity index (χ3n) is 5.39. The average molecular weight is 336 g/mol. The summed E-state index contributed by atoms with van der Waals surface area (Å²) in [5, 5.41) is 0. The first-order valence-electron chi connectivity index (χ1n) is 9.03. The number of hydrogen-bond donors (Lipinski definition) is 0. The molecule has 4 rings (SSSR count). The fraction of sp³-hybridized carbons (Fsp3) is 0.381. The molecule has 130 valence electrons. The van der Waals surface area contributed by atoms with Crippen LogP contribution in [0.5, 0.6) is 0 Å². The van der Waals surface area contributed by atoms with Crippen LogP contribution < -0.4 is 4.90 Å². The van der Waals surface area contributed by atoms with Crippen molar-refractivity contribution in [2.24, 2.45) is 0 Å². The monoisotopic (exact) mass is 336 g/mol. The standard InChI is InChI=1S/C21H24N2O2/c1-16(22-11-13-25-14-12-22)21(24)23-15-19(17-7-3-2-4-8-17)18-9-5-6-10-20(18)23/h2-10,16,19H,11-15H2,1H3. The molecule has 2 aromatic rings. The van der Waals surface area contributed by atoms with Crippen LogP contribution in [0.25, 0.3) is 0 Å². The molecule has 4 nitrogen and oxygen atoms in total. The molecule has 0 spiro atoms. The Balaban J connectivity index is 1.61. The van der Waals surface area contributed by atoms with E-state index in [9.17, 15) is 4.79 Å². The number of rotatable bonds is 3. The van der Waals surface area contributed by atoms with Crippen molar-refractivity contribution in [2.45, 2.75) is 18.9 Å². The van der Waals surface area contributed by atoms with Crippen LogP contribution in [0.1, 0.15) is 24.0 Å². The van der Waals surface area contributed by atoms with Crippen molar-refractivity contribution >= 4 is 11.6 Å². The average Bonchev–Trinajstić information content (AvgIpc) is 3.08. The van der Waals surface area contributed by atoms with Gasteiger partial charge in [-0.3, -0.25) is 9.69 Å². The van der Waals surface area contributed by atoms with E-state index >= 15 is 0 Å². The van der Waals surface area contributed by atoms with E-state index in [1.807, 2.05) is 24.0 Å². The number of anilines is 1. The van der Waals surface area contributed by atoms with E-state index in [-0.39, 0.29) is 17.9 Å². The van der Waals surface area contributed by atoms with E-state index in [2.05, 4.69) is 47.4 Å². The normalized spacial score (nSPS) is 21.8. The molecule has 2 aliphatic heterocycles. The Morgan fingerprint density at radius 2 is 1.72 bits per heavy atom. The summed E-state index contributed by atoms with van der Waals surface area (Å²) in [6.45, 7) is 5.81. The molecular weight excluding hydrogens is 312 g/mol. The summed E-state index contributed by atoms with van der Waals surface area (Å²) >= 11 is 0. The Bertz CT molecular complexity index is 741. The van der Waals surface area contributed by atoms with Crippen molar-refractivity contribution in [3.63, 3.8) is 0 Å². The van der Waals surface area contributed by atoms with Crippen LogP contribution in [0.2, 0.25) is 0 Å². The highest BCUT2D eigenvalue weighted by molar-refractivity contribution is 5.99. The van der Waals surface area contributed by atoms with E-state index in [1.165, 1.54) is 11.1 Å². The largest absolute Gasteiger partial charge is 0.379 e. The summed E-state index contributed by atoms with van der Waals surface area (Å²) in [6.07, 6.45) is 0. The van der Waals surface area contributed by atoms with Gasteiger partial charge in [0.2, 0.25) is 5.91 Å². The molecule has 25 heavy (non-hydrogen) atoms. The van der Waals surface area contributed by atoms with Crippen LogP contribution in [0.3, 0.4) is 0 Å². The molecule has 2 atom stereocenters. The highest BCUT2D eigenvalue weighted by atomic mass is 16.5. The second-order valence-corrected chi connectivity index (χ2v) is 6.80. The van der Waals surface area contributed by atoms with E-state index in [0.29, 0.717) is 13.2 Å². The zero-order valence-electron chi connectivity index (χ0n) is 14.6. The molecule has 2 aromatic carbocycles. The summed E-state index contributed by atoms with van der Waals surface area (Å²) in [5.41, 5.74) is 3.57. The van der Waals surface area contributed by atoms with Crippen LogP contribution in [0.15, 0.2) is 54.6 Å². The topological polar surface area (TPSA) is 32.8 Å². The van der Waals surface area contributed by atoms with Gasteiger partial charge < -0.3 is 9.64 Å². The summed E-state index contributed by atoms with van der Waals surface area (Å²) in [7, 11) is 0. The van der Waals surface area contributed by atoms with Gasteiger partial charge in [-0.1, -0.05) is 48.5 Å².